The molecule has 0 amide bonds. The maximum Gasteiger partial charge on any atom is 0.0406 e. The molecule has 0 aliphatic heterocycles. The van der Waals surface area contributed by atoms with E-state index in [9.17, 15) is 0 Å². The first-order valence-corrected chi connectivity index (χ1v) is 8.10. The third kappa shape index (κ3) is 3.66. The molecule has 3 heteroatoms. The standard InChI is InChI=1S/C15H22ClNS/c1-10-7-11(2)15(14(17)8-10)18-9-12-3-5-13(16)6-4-12/h3-6,10-11,14-15H,7-9,17H2,1-2H3. The van der Waals surface area contributed by atoms with Crippen LogP contribution in [0.2, 0.25) is 5.02 Å². The molecule has 0 saturated heterocycles. The van der Waals surface area contributed by atoms with E-state index in [1.807, 2.05) is 23.9 Å². The molecule has 1 saturated carbocycles. The zero-order valence-corrected chi connectivity index (χ0v) is 12.7. The lowest BCUT2D eigenvalue weighted by Crippen LogP contribution is -2.42. The Morgan fingerprint density at radius 1 is 1.22 bits per heavy atom. The van der Waals surface area contributed by atoms with Gasteiger partial charge in [0.1, 0.15) is 0 Å². The molecule has 1 aromatic rings. The molecule has 1 nitrogen and oxygen atoms in total. The molecule has 4 atom stereocenters. The SMILES string of the molecule is CC1CC(C)C(SCc2ccc(Cl)cc2)C(N)C1. The van der Waals surface area contributed by atoms with Gasteiger partial charge in [-0.25, -0.2) is 0 Å². The van der Waals surface area contributed by atoms with Crippen molar-refractivity contribution < 1.29 is 0 Å². The van der Waals surface area contributed by atoms with Crippen LogP contribution in [0.1, 0.15) is 32.3 Å². The molecule has 1 fully saturated rings. The molecule has 1 aliphatic rings. The first-order chi connectivity index (χ1) is 8.56. The van der Waals surface area contributed by atoms with E-state index in [1.165, 1.54) is 18.4 Å². The summed E-state index contributed by atoms with van der Waals surface area (Å²) in [4.78, 5) is 0. The molecule has 0 aromatic heterocycles. The molecule has 2 rings (SSSR count). The Bertz CT molecular complexity index is 367. The molecule has 0 spiro atoms. The van der Waals surface area contributed by atoms with Crippen LogP contribution in [0, 0.1) is 11.8 Å². The van der Waals surface area contributed by atoms with Crippen molar-refractivity contribution in [2.45, 2.75) is 43.7 Å². The van der Waals surface area contributed by atoms with Crippen LogP contribution in [-0.4, -0.2) is 11.3 Å². The lowest BCUT2D eigenvalue weighted by Gasteiger charge is -2.37. The average molecular weight is 284 g/mol. The van der Waals surface area contributed by atoms with Gasteiger partial charge < -0.3 is 5.73 Å². The summed E-state index contributed by atoms with van der Waals surface area (Å²) in [5, 5.41) is 1.40. The van der Waals surface area contributed by atoms with Crippen LogP contribution in [0.25, 0.3) is 0 Å². The van der Waals surface area contributed by atoms with Crippen LogP contribution in [0.3, 0.4) is 0 Å². The van der Waals surface area contributed by atoms with Crippen LogP contribution in [0.4, 0.5) is 0 Å². The predicted molar refractivity (Wildman–Crippen MR) is 82.1 cm³/mol. The highest BCUT2D eigenvalue weighted by Gasteiger charge is 2.31. The predicted octanol–water partition coefficient (Wildman–Crippen LogP) is 4.34. The Labute approximate surface area is 119 Å². The molecule has 4 unspecified atom stereocenters. The molecule has 2 N–H and O–H groups in total. The van der Waals surface area contributed by atoms with E-state index in [1.54, 1.807) is 0 Å². The number of benzene rings is 1. The van der Waals surface area contributed by atoms with Gasteiger partial charge in [0.15, 0.2) is 0 Å². The van der Waals surface area contributed by atoms with Crippen molar-refractivity contribution in [2.24, 2.45) is 17.6 Å². The Balaban J connectivity index is 1.91. The second-order valence-electron chi connectivity index (χ2n) is 5.62. The monoisotopic (exact) mass is 283 g/mol. The Hall–Kier alpha value is -0.180. The lowest BCUT2D eigenvalue weighted by molar-refractivity contribution is 0.279. The van der Waals surface area contributed by atoms with Crippen molar-refractivity contribution in [3.8, 4) is 0 Å². The van der Waals surface area contributed by atoms with Gasteiger partial charge in [-0.3, -0.25) is 0 Å². The van der Waals surface area contributed by atoms with Crippen molar-refractivity contribution in [3.63, 3.8) is 0 Å². The third-order valence-corrected chi connectivity index (χ3v) is 5.74. The second kappa shape index (κ2) is 6.31. The molecule has 0 heterocycles. The molecular weight excluding hydrogens is 262 g/mol. The van der Waals surface area contributed by atoms with Crippen LogP contribution >= 0.6 is 23.4 Å². The highest BCUT2D eigenvalue weighted by molar-refractivity contribution is 7.99. The van der Waals surface area contributed by atoms with E-state index in [0.717, 1.165) is 22.6 Å². The zero-order chi connectivity index (χ0) is 13.1. The third-order valence-electron chi connectivity index (χ3n) is 3.79. The van der Waals surface area contributed by atoms with E-state index < -0.39 is 0 Å². The fourth-order valence-electron chi connectivity index (χ4n) is 2.95. The quantitative estimate of drug-likeness (QED) is 0.893. The van der Waals surface area contributed by atoms with Gasteiger partial charge in [0.2, 0.25) is 0 Å². The summed E-state index contributed by atoms with van der Waals surface area (Å²) >= 11 is 7.90. The minimum absolute atomic E-state index is 0.348. The molecule has 0 bridgehead atoms. The summed E-state index contributed by atoms with van der Waals surface area (Å²) in [7, 11) is 0. The average Bonchev–Trinajstić information content (AvgIpc) is 2.30. The van der Waals surface area contributed by atoms with Gasteiger partial charge in [0, 0.05) is 22.1 Å². The smallest absolute Gasteiger partial charge is 0.0406 e. The van der Waals surface area contributed by atoms with E-state index in [4.69, 9.17) is 17.3 Å². The Morgan fingerprint density at radius 2 is 1.89 bits per heavy atom. The zero-order valence-electron chi connectivity index (χ0n) is 11.1. The van der Waals surface area contributed by atoms with Gasteiger partial charge in [0.25, 0.3) is 0 Å². The number of thioether (sulfide) groups is 1. The van der Waals surface area contributed by atoms with Crippen LogP contribution in [-0.2, 0) is 5.75 Å². The van der Waals surface area contributed by atoms with Gasteiger partial charge in [-0.1, -0.05) is 37.6 Å². The van der Waals surface area contributed by atoms with E-state index in [0.29, 0.717) is 11.3 Å². The van der Waals surface area contributed by atoms with Gasteiger partial charge >= 0.3 is 0 Å². The summed E-state index contributed by atoms with van der Waals surface area (Å²) in [6.45, 7) is 4.66. The number of halogens is 1. The normalized spacial score (nSPS) is 32.4. The summed E-state index contributed by atoms with van der Waals surface area (Å²) in [6, 6.07) is 8.49. The lowest BCUT2D eigenvalue weighted by atomic mass is 9.80. The fourth-order valence-corrected chi connectivity index (χ4v) is 4.45. The number of rotatable bonds is 3. The number of nitrogens with two attached hydrogens (primary N) is 1. The van der Waals surface area contributed by atoms with Crippen LogP contribution < -0.4 is 5.73 Å². The summed E-state index contributed by atoms with van der Waals surface area (Å²) in [6.07, 6.45) is 2.48. The van der Waals surface area contributed by atoms with Crippen LogP contribution in [0.15, 0.2) is 24.3 Å². The maximum absolute atomic E-state index is 6.31. The second-order valence-corrected chi connectivity index (χ2v) is 7.22. The van der Waals surface area contributed by atoms with Crippen molar-refractivity contribution in [2.75, 3.05) is 0 Å². The van der Waals surface area contributed by atoms with E-state index >= 15 is 0 Å². The van der Waals surface area contributed by atoms with Gasteiger partial charge in [0.05, 0.1) is 0 Å². The molecule has 1 aromatic carbocycles. The summed E-state index contributed by atoms with van der Waals surface area (Å²) in [5.74, 6) is 2.54. The summed E-state index contributed by atoms with van der Waals surface area (Å²) < 4.78 is 0. The van der Waals surface area contributed by atoms with Gasteiger partial charge in [-0.15, -0.1) is 0 Å². The first-order valence-electron chi connectivity index (χ1n) is 6.68. The minimum atomic E-state index is 0.348. The molecule has 18 heavy (non-hydrogen) atoms. The van der Waals surface area contributed by atoms with Crippen molar-refractivity contribution in [1.82, 2.24) is 0 Å². The first kappa shape index (κ1) is 14.2. The number of hydrogen-bond donors (Lipinski definition) is 1. The van der Waals surface area contributed by atoms with E-state index in [2.05, 4.69) is 26.0 Å². The van der Waals surface area contributed by atoms with E-state index in [-0.39, 0.29) is 0 Å². The van der Waals surface area contributed by atoms with Crippen LogP contribution in [0.5, 0.6) is 0 Å². The van der Waals surface area contributed by atoms with Crippen molar-refractivity contribution in [1.29, 1.82) is 0 Å². The highest BCUT2D eigenvalue weighted by Crippen LogP contribution is 2.36. The minimum Gasteiger partial charge on any atom is -0.327 e. The topological polar surface area (TPSA) is 26.0 Å². The Kier molecular flexibility index (Phi) is 4.99. The van der Waals surface area contributed by atoms with Gasteiger partial charge in [-0.05, 0) is 42.4 Å². The largest absolute Gasteiger partial charge is 0.327 e. The summed E-state index contributed by atoms with van der Waals surface area (Å²) in [5.41, 5.74) is 7.64. The maximum atomic E-state index is 6.31. The van der Waals surface area contributed by atoms with Crippen molar-refractivity contribution in [3.05, 3.63) is 34.9 Å². The van der Waals surface area contributed by atoms with Crippen molar-refractivity contribution >= 4 is 23.4 Å². The molecule has 1 aliphatic carbocycles. The van der Waals surface area contributed by atoms with Gasteiger partial charge in [-0.2, -0.15) is 11.8 Å². The highest BCUT2D eigenvalue weighted by atomic mass is 35.5. The molecule has 0 radical (unpaired) electrons. The fraction of sp³-hybridized carbons (Fsp3) is 0.600. The Morgan fingerprint density at radius 3 is 2.50 bits per heavy atom. The number of hydrogen-bond acceptors (Lipinski definition) is 2. The molecule has 100 valence electrons. The molecular formula is C15H22ClNS.